The van der Waals surface area contributed by atoms with Crippen molar-refractivity contribution in [1.29, 1.82) is 0 Å². The van der Waals surface area contributed by atoms with E-state index in [1.165, 1.54) is 50.1 Å². The van der Waals surface area contributed by atoms with Gasteiger partial charge in [0.15, 0.2) is 16.1 Å². The Bertz CT molecular complexity index is 1080. The molecule has 0 spiro atoms. The molecule has 12 heteroatoms. The molecular weight excluding hydrogens is 450 g/mol. The SMILES string of the molecule is CON(C)C(=O)c1cnc(SC)nc1N.CSc1ncc(C(=O)c2ccccc2)c(N)n1. The highest BCUT2D eigenvalue weighted by molar-refractivity contribution is 7.98. The molecule has 2 aromatic heterocycles. The molecular formula is C20H23N7O3S2. The van der Waals surface area contributed by atoms with Crippen LogP contribution in [-0.2, 0) is 4.84 Å². The van der Waals surface area contributed by atoms with Crippen LogP contribution in [0, 0.1) is 0 Å². The van der Waals surface area contributed by atoms with Crippen molar-refractivity contribution in [2.24, 2.45) is 0 Å². The van der Waals surface area contributed by atoms with Gasteiger partial charge in [-0.15, -0.1) is 0 Å². The number of nitrogen functional groups attached to an aromatic ring is 2. The van der Waals surface area contributed by atoms with Gasteiger partial charge in [-0.25, -0.2) is 25.0 Å². The highest BCUT2D eigenvalue weighted by Crippen LogP contribution is 2.17. The Morgan fingerprint density at radius 2 is 1.41 bits per heavy atom. The average molecular weight is 474 g/mol. The van der Waals surface area contributed by atoms with E-state index >= 15 is 0 Å². The Labute approximate surface area is 194 Å². The molecule has 0 radical (unpaired) electrons. The number of carbonyl (C=O) groups excluding carboxylic acids is 2. The number of aromatic nitrogens is 4. The molecule has 0 aliphatic heterocycles. The molecule has 0 atom stereocenters. The Balaban J connectivity index is 0.000000229. The number of benzene rings is 1. The zero-order valence-electron chi connectivity index (χ0n) is 18.0. The van der Waals surface area contributed by atoms with Crippen LogP contribution in [0.3, 0.4) is 0 Å². The van der Waals surface area contributed by atoms with Crippen LogP contribution < -0.4 is 11.5 Å². The van der Waals surface area contributed by atoms with E-state index in [1.807, 2.05) is 18.6 Å². The second kappa shape index (κ2) is 12.0. The first-order valence-corrected chi connectivity index (χ1v) is 11.5. The van der Waals surface area contributed by atoms with Crippen LogP contribution in [0.4, 0.5) is 11.6 Å². The van der Waals surface area contributed by atoms with Gasteiger partial charge in [0.25, 0.3) is 5.91 Å². The quantitative estimate of drug-likeness (QED) is 0.235. The van der Waals surface area contributed by atoms with Gasteiger partial charge in [0.1, 0.15) is 17.2 Å². The number of thioether (sulfide) groups is 2. The summed E-state index contributed by atoms with van der Waals surface area (Å²) >= 11 is 2.74. The molecule has 1 aromatic carbocycles. The van der Waals surface area contributed by atoms with Crippen molar-refractivity contribution in [3.05, 3.63) is 59.4 Å². The number of anilines is 2. The lowest BCUT2D eigenvalue weighted by molar-refractivity contribution is -0.0756. The van der Waals surface area contributed by atoms with Crippen LogP contribution in [0.5, 0.6) is 0 Å². The van der Waals surface area contributed by atoms with Gasteiger partial charge in [-0.05, 0) is 12.5 Å². The van der Waals surface area contributed by atoms with Crippen LogP contribution in [0.25, 0.3) is 0 Å². The molecule has 3 rings (SSSR count). The van der Waals surface area contributed by atoms with Crippen molar-refractivity contribution in [1.82, 2.24) is 25.0 Å². The fourth-order valence-electron chi connectivity index (χ4n) is 2.29. The van der Waals surface area contributed by atoms with Crippen molar-refractivity contribution in [2.45, 2.75) is 10.3 Å². The minimum absolute atomic E-state index is 0.156. The predicted octanol–water partition coefficient (Wildman–Crippen LogP) is 2.43. The monoisotopic (exact) mass is 473 g/mol. The van der Waals surface area contributed by atoms with Gasteiger partial charge in [-0.1, -0.05) is 53.9 Å². The number of hydrogen-bond acceptors (Lipinski definition) is 11. The Kier molecular flexibility index (Phi) is 9.38. The summed E-state index contributed by atoms with van der Waals surface area (Å²) < 4.78 is 0. The molecule has 0 aliphatic rings. The summed E-state index contributed by atoms with van der Waals surface area (Å²) in [5, 5.41) is 2.16. The number of rotatable bonds is 6. The summed E-state index contributed by atoms with van der Waals surface area (Å²) in [5.74, 6) is -0.153. The molecule has 10 nitrogen and oxygen atoms in total. The van der Waals surface area contributed by atoms with Crippen LogP contribution >= 0.6 is 23.5 Å². The largest absolute Gasteiger partial charge is 0.383 e. The van der Waals surface area contributed by atoms with E-state index in [1.54, 1.807) is 24.3 Å². The number of nitrogens with zero attached hydrogens (tertiary/aromatic N) is 5. The van der Waals surface area contributed by atoms with E-state index in [4.69, 9.17) is 16.3 Å². The third-order valence-corrected chi connectivity index (χ3v) is 5.15. The van der Waals surface area contributed by atoms with Crippen LogP contribution in [-0.4, -0.2) is 63.4 Å². The molecule has 0 saturated heterocycles. The van der Waals surface area contributed by atoms with E-state index < -0.39 is 0 Å². The molecule has 32 heavy (non-hydrogen) atoms. The molecule has 4 N–H and O–H groups in total. The molecule has 0 aliphatic carbocycles. The highest BCUT2D eigenvalue weighted by Gasteiger charge is 2.16. The average Bonchev–Trinajstić information content (AvgIpc) is 2.83. The van der Waals surface area contributed by atoms with Crippen LogP contribution in [0.1, 0.15) is 26.3 Å². The summed E-state index contributed by atoms with van der Waals surface area (Å²) in [4.78, 5) is 44.5. The van der Waals surface area contributed by atoms with Crippen molar-refractivity contribution in [2.75, 3.05) is 38.1 Å². The number of nitrogens with two attached hydrogens (primary N) is 2. The lowest BCUT2D eigenvalue weighted by Crippen LogP contribution is -2.26. The fourth-order valence-corrected chi connectivity index (χ4v) is 2.99. The van der Waals surface area contributed by atoms with E-state index in [-0.39, 0.29) is 28.9 Å². The fraction of sp³-hybridized carbons (Fsp3) is 0.200. The number of amides is 1. The van der Waals surface area contributed by atoms with Crippen LogP contribution in [0.15, 0.2) is 53.0 Å². The maximum absolute atomic E-state index is 12.1. The first kappa shape index (κ1) is 25.0. The lowest BCUT2D eigenvalue weighted by atomic mass is 10.1. The van der Waals surface area contributed by atoms with E-state index in [2.05, 4.69) is 19.9 Å². The van der Waals surface area contributed by atoms with Crippen LogP contribution in [0.2, 0.25) is 0 Å². The van der Waals surface area contributed by atoms with Gasteiger partial charge in [0, 0.05) is 25.0 Å². The highest BCUT2D eigenvalue weighted by atomic mass is 32.2. The molecule has 0 unspecified atom stereocenters. The molecule has 1 amide bonds. The molecule has 0 bridgehead atoms. The minimum atomic E-state index is -0.373. The predicted molar refractivity (Wildman–Crippen MR) is 125 cm³/mol. The normalized spacial score (nSPS) is 10.1. The maximum atomic E-state index is 12.1. The number of carbonyl (C=O) groups is 2. The molecule has 0 fully saturated rings. The van der Waals surface area contributed by atoms with Gasteiger partial charge >= 0.3 is 0 Å². The summed E-state index contributed by atoms with van der Waals surface area (Å²) in [5.41, 5.74) is 12.5. The Morgan fingerprint density at radius 1 is 0.906 bits per heavy atom. The molecule has 3 aromatic rings. The van der Waals surface area contributed by atoms with Gasteiger partial charge < -0.3 is 11.5 Å². The van der Waals surface area contributed by atoms with Crippen molar-refractivity contribution < 1.29 is 14.4 Å². The van der Waals surface area contributed by atoms with E-state index in [0.29, 0.717) is 21.4 Å². The Morgan fingerprint density at radius 3 is 1.84 bits per heavy atom. The Hall–Kier alpha value is -3.22. The lowest BCUT2D eigenvalue weighted by Gasteiger charge is -2.14. The second-order valence-electron chi connectivity index (χ2n) is 5.99. The molecule has 2 heterocycles. The number of hydroxylamine groups is 2. The van der Waals surface area contributed by atoms with Gasteiger partial charge in [-0.2, -0.15) is 0 Å². The first-order valence-electron chi connectivity index (χ1n) is 9.07. The van der Waals surface area contributed by atoms with Gasteiger partial charge in [-0.3, -0.25) is 14.4 Å². The summed E-state index contributed by atoms with van der Waals surface area (Å²) in [7, 11) is 2.88. The molecule has 0 saturated carbocycles. The van der Waals surface area contributed by atoms with Crippen molar-refractivity contribution in [3.8, 4) is 0 Å². The summed E-state index contributed by atoms with van der Waals surface area (Å²) in [6.07, 6.45) is 6.56. The van der Waals surface area contributed by atoms with Crippen molar-refractivity contribution >= 4 is 46.8 Å². The number of hydrogen-bond donors (Lipinski definition) is 2. The minimum Gasteiger partial charge on any atom is -0.383 e. The van der Waals surface area contributed by atoms with Crippen molar-refractivity contribution in [3.63, 3.8) is 0 Å². The first-order chi connectivity index (χ1) is 15.3. The van der Waals surface area contributed by atoms with Gasteiger partial charge in [0.2, 0.25) is 0 Å². The smallest absolute Gasteiger partial charge is 0.282 e. The zero-order chi connectivity index (χ0) is 23.7. The third-order valence-electron chi connectivity index (χ3n) is 4.03. The summed E-state index contributed by atoms with van der Waals surface area (Å²) in [6.45, 7) is 0. The zero-order valence-corrected chi connectivity index (χ0v) is 19.6. The third kappa shape index (κ3) is 6.39. The standard InChI is InChI=1S/C12H11N3OS.C8H12N4O2S/c1-17-12-14-7-9(11(13)15-12)10(16)8-5-3-2-4-6-8;1-12(14-2)7(13)5-4-10-8(15-3)11-6(5)9/h2-7H,1H3,(H2,13,14,15);4H,1-3H3,(H2,9,10,11). The number of ketones is 1. The van der Waals surface area contributed by atoms with E-state index in [0.717, 1.165) is 5.06 Å². The second-order valence-corrected chi connectivity index (χ2v) is 7.54. The van der Waals surface area contributed by atoms with E-state index in [9.17, 15) is 9.59 Å². The molecule has 168 valence electrons. The maximum Gasteiger partial charge on any atom is 0.282 e. The topological polar surface area (TPSA) is 150 Å². The summed E-state index contributed by atoms with van der Waals surface area (Å²) in [6, 6.07) is 8.95. The van der Waals surface area contributed by atoms with Gasteiger partial charge in [0.05, 0.1) is 12.7 Å².